The van der Waals surface area contributed by atoms with Gasteiger partial charge in [-0.15, -0.1) is 6.42 Å². The van der Waals surface area contributed by atoms with Crippen LogP contribution >= 0.6 is 15.9 Å². The molecule has 0 saturated heterocycles. The lowest BCUT2D eigenvalue weighted by molar-refractivity contribution is 0.475. The zero-order valence-corrected chi connectivity index (χ0v) is 11.7. The van der Waals surface area contributed by atoms with E-state index in [1.54, 1.807) is 0 Å². The Morgan fingerprint density at radius 2 is 2.06 bits per heavy atom. The second-order valence-electron chi connectivity index (χ2n) is 4.01. The fourth-order valence-corrected chi connectivity index (χ4v) is 2.01. The third kappa shape index (κ3) is 4.51. The third-order valence-electron chi connectivity index (χ3n) is 2.69. The molecule has 0 fully saturated rings. The van der Waals surface area contributed by atoms with Gasteiger partial charge in [-0.25, -0.2) is 0 Å². The molecular formula is C14H19BrN2. The second kappa shape index (κ2) is 7.50. The number of benzene rings is 1. The highest BCUT2D eigenvalue weighted by molar-refractivity contribution is 9.10. The Morgan fingerprint density at radius 1 is 1.41 bits per heavy atom. The van der Waals surface area contributed by atoms with E-state index in [0.29, 0.717) is 6.54 Å². The third-order valence-corrected chi connectivity index (χ3v) is 3.22. The number of hydrogen-bond donors (Lipinski definition) is 2. The van der Waals surface area contributed by atoms with Gasteiger partial charge in [-0.2, -0.15) is 0 Å². The van der Waals surface area contributed by atoms with Gasteiger partial charge in [-0.05, 0) is 24.1 Å². The van der Waals surface area contributed by atoms with Crippen molar-refractivity contribution in [2.24, 2.45) is 5.73 Å². The zero-order valence-electron chi connectivity index (χ0n) is 10.1. The van der Waals surface area contributed by atoms with Crippen LogP contribution in [0.1, 0.15) is 31.4 Å². The summed E-state index contributed by atoms with van der Waals surface area (Å²) in [7, 11) is 0. The first-order chi connectivity index (χ1) is 8.21. The molecule has 0 radical (unpaired) electrons. The largest absolute Gasteiger partial charge is 0.329 e. The Hall–Kier alpha value is -0.820. The fourth-order valence-electron chi connectivity index (χ4n) is 1.74. The smallest absolute Gasteiger partial charge is 0.0692 e. The van der Waals surface area contributed by atoms with Crippen LogP contribution in [0.2, 0.25) is 0 Å². The Kier molecular flexibility index (Phi) is 6.28. The maximum Gasteiger partial charge on any atom is 0.0692 e. The van der Waals surface area contributed by atoms with E-state index in [4.69, 9.17) is 12.2 Å². The summed E-state index contributed by atoms with van der Waals surface area (Å²) >= 11 is 3.42. The minimum Gasteiger partial charge on any atom is -0.329 e. The minimum absolute atomic E-state index is 0.0946. The summed E-state index contributed by atoms with van der Waals surface area (Å²) in [5.41, 5.74) is 6.97. The van der Waals surface area contributed by atoms with Crippen molar-refractivity contribution < 1.29 is 0 Å². The van der Waals surface area contributed by atoms with Crippen molar-refractivity contribution in [2.75, 3.05) is 6.54 Å². The molecule has 0 aromatic heterocycles. The van der Waals surface area contributed by atoms with Gasteiger partial charge in [0.15, 0.2) is 0 Å². The lowest BCUT2D eigenvalue weighted by Crippen LogP contribution is -2.35. The van der Waals surface area contributed by atoms with E-state index in [1.165, 1.54) is 5.56 Å². The molecule has 0 heterocycles. The number of rotatable bonds is 6. The number of hydrogen-bond acceptors (Lipinski definition) is 2. The van der Waals surface area contributed by atoms with E-state index in [9.17, 15) is 0 Å². The molecule has 0 amide bonds. The molecule has 0 bridgehead atoms. The molecule has 0 aliphatic carbocycles. The molecule has 1 aromatic carbocycles. The van der Waals surface area contributed by atoms with Crippen LogP contribution in [0, 0.1) is 12.3 Å². The highest BCUT2D eigenvalue weighted by Crippen LogP contribution is 2.17. The van der Waals surface area contributed by atoms with Crippen molar-refractivity contribution in [3.63, 3.8) is 0 Å². The molecule has 3 heteroatoms. The average Bonchev–Trinajstić information content (AvgIpc) is 2.36. The van der Waals surface area contributed by atoms with Gasteiger partial charge < -0.3 is 5.73 Å². The molecule has 2 unspecified atom stereocenters. The molecule has 1 rings (SSSR count). The molecule has 0 spiro atoms. The van der Waals surface area contributed by atoms with Crippen molar-refractivity contribution in [2.45, 2.75) is 31.8 Å². The maximum atomic E-state index is 5.80. The van der Waals surface area contributed by atoms with Gasteiger partial charge in [0, 0.05) is 17.1 Å². The molecule has 17 heavy (non-hydrogen) atoms. The van der Waals surface area contributed by atoms with Gasteiger partial charge >= 0.3 is 0 Å². The van der Waals surface area contributed by atoms with Gasteiger partial charge in [-0.3, -0.25) is 5.32 Å². The maximum absolute atomic E-state index is 5.80. The van der Waals surface area contributed by atoms with Crippen LogP contribution in [0.25, 0.3) is 0 Å². The first-order valence-electron chi connectivity index (χ1n) is 5.89. The quantitative estimate of drug-likeness (QED) is 0.792. The highest BCUT2D eigenvalue weighted by Gasteiger charge is 2.13. The summed E-state index contributed by atoms with van der Waals surface area (Å²) in [6.07, 6.45) is 7.55. The molecule has 2 atom stereocenters. The summed E-state index contributed by atoms with van der Waals surface area (Å²) in [5, 5.41) is 3.41. The second-order valence-corrected chi connectivity index (χ2v) is 4.93. The summed E-state index contributed by atoms with van der Waals surface area (Å²) in [5.74, 6) is 2.77. The van der Waals surface area contributed by atoms with Gasteiger partial charge in [0.2, 0.25) is 0 Å². The summed E-state index contributed by atoms with van der Waals surface area (Å²) in [4.78, 5) is 0. The van der Waals surface area contributed by atoms with Crippen molar-refractivity contribution in [1.29, 1.82) is 0 Å². The number of halogens is 1. The van der Waals surface area contributed by atoms with E-state index in [0.717, 1.165) is 17.3 Å². The van der Waals surface area contributed by atoms with Crippen LogP contribution in [-0.4, -0.2) is 12.6 Å². The van der Waals surface area contributed by atoms with Gasteiger partial charge in [0.1, 0.15) is 0 Å². The molecule has 1 aromatic rings. The number of terminal acetylenes is 1. The Balaban J connectivity index is 2.71. The highest BCUT2D eigenvalue weighted by atomic mass is 79.9. The monoisotopic (exact) mass is 294 g/mol. The molecule has 3 N–H and O–H groups in total. The minimum atomic E-state index is 0.0946. The zero-order chi connectivity index (χ0) is 12.7. The van der Waals surface area contributed by atoms with Crippen molar-refractivity contribution in [3.8, 4) is 12.3 Å². The number of nitrogens with one attached hydrogen (secondary N) is 1. The normalized spacial score (nSPS) is 14.0. The van der Waals surface area contributed by atoms with E-state index < -0.39 is 0 Å². The van der Waals surface area contributed by atoms with E-state index in [-0.39, 0.29) is 12.1 Å². The standard InChI is InChI=1S/C14H19BrN2/c1-3-5-13(4-2)17-14(10-16)11-6-8-12(15)9-7-11/h2,6-9,13-14,17H,3,5,10,16H2,1H3. The lowest BCUT2D eigenvalue weighted by Gasteiger charge is -2.21. The molecule has 0 aliphatic heterocycles. The molecule has 0 aliphatic rings. The summed E-state index contributed by atoms with van der Waals surface area (Å²) < 4.78 is 1.07. The number of nitrogens with two attached hydrogens (primary N) is 1. The van der Waals surface area contributed by atoms with Crippen molar-refractivity contribution in [3.05, 3.63) is 34.3 Å². The SMILES string of the molecule is C#CC(CCC)NC(CN)c1ccc(Br)cc1. The summed E-state index contributed by atoms with van der Waals surface area (Å²) in [6, 6.07) is 8.38. The molecule has 2 nitrogen and oxygen atoms in total. The Labute approximate surface area is 112 Å². The molecule has 0 saturated carbocycles. The van der Waals surface area contributed by atoms with E-state index in [2.05, 4.69) is 46.2 Å². The molecular weight excluding hydrogens is 276 g/mol. The van der Waals surface area contributed by atoms with Gasteiger partial charge in [-0.1, -0.05) is 47.3 Å². The van der Waals surface area contributed by atoms with Crippen LogP contribution in [0.4, 0.5) is 0 Å². The van der Waals surface area contributed by atoms with Crippen LogP contribution < -0.4 is 11.1 Å². The van der Waals surface area contributed by atoms with E-state index >= 15 is 0 Å². The average molecular weight is 295 g/mol. The van der Waals surface area contributed by atoms with Gasteiger partial charge in [0.05, 0.1) is 6.04 Å². The van der Waals surface area contributed by atoms with E-state index in [1.807, 2.05) is 12.1 Å². The van der Waals surface area contributed by atoms with Crippen LogP contribution in [0.5, 0.6) is 0 Å². The fraction of sp³-hybridized carbons (Fsp3) is 0.429. The first kappa shape index (κ1) is 14.2. The Morgan fingerprint density at radius 3 is 2.53 bits per heavy atom. The topological polar surface area (TPSA) is 38.0 Å². The first-order valence-corrected chi connectivity index (χ1v) is 6.68. The van der Waals surface area contributed by atoms with Crippen LogP contribution in [-0.2, 0) is 0 Å². The van der Waals surface area contributed by atoms with Crippen molar-refractivity contribution in [1.82, 2.24) is 5.32 Å². The lowest BCUT2D eigenvalue weighted by atomic mass is 10.0. The Bertz CT molecular complexity index is 367. The van der Waals surface area contributed by atoms with Crippen molar-refractivity contribution >= 4 is 15.9 Å². The van der Waals surface area contributed by atoms with Crippen LogP contribution in [0.15, 0.2) is 28.7 Å². The predicted octanol–water partition coefficient (Wildman–Crippen LogP) is 2.84. The van der Waals surface area contributed by atoms with Gasteiger partial charge in [0.25, 0.3) is 0 Å². The predicted molar refractivity (Wildman–Crippen MR) is 76.6 cm³/mol. The van der Waals surface area contributed by atoms with Crippen LogP contribution in [0.3, 0.4) is 0 Å². The molecule has 92 valence electrons. The summed E-state index contributed by atoms with van der Waals surface area (Å²) in [6.45, 7) is 2.67.